The third-order valence-corrected chi connectivity index (χ3v) is 2.00. The van der Waals surface area contributed by atoms with Crippen LogP contribution >= 0.6 is 0 Å². The molecule has 1 rings (SSSR count). The molecule has 84 valence electrons. The number of allylic oxidation sites excluding steroid dienone is 2. The molecule has 0 aliphatic heterocycles. The molecule has 1 aromatic rings. The predicted molar refractivity (Wildman–Crippen MR) is 66.2 cm³/mol. The molecular weight excluding hydrogens is 200 g/mol. The van der Waals surface area contributed by atoms with Crippen LogP contribution < -0.4 is 4.89 Å². The van der Waals surface area contributed by atoms with Crippen LogP contribution in [0.3, 0.4) is 0 Å². The fourth-order valence-electron chi connectivity index (χ4n) is 1.09. The molecule has 0 aliphatic rings. The molecule has 0 radical (unpaired) electrons. The summed E-state index contributed by atoms with van der Waals surface area (Å²) >= 11 is 0. The minimum absolute atomic E-state index is 0.351. The molecule has 0 saturated carbocycles. The minimum atomic E-state index is 0.351. The molecule has 0 aromatic heterocycles. The summed E-state index contributed by atoms with van der Waals surface area (Å²) < 4.78 is 0. The summed E-state index contributed by atoms with van der Waals surface area (Å²) in [6, 6.07) is 7.65. The molecule has 0 heterocycles. The Labute approximate surface area is 96.4 Å². The molecule has 0 spiro atoms. The van der Waals surface area contributed by atoms with Crippen molar-refractivity contribution >= 4 is 0 Å². The van der Waals surface area contributed by atoms with E-state index in [1.165, 1.54) is 5.56 Å². The van der Waals surface area contributed by atoms with Crippen molar-refractivity contribution in [3.05, 3.63) is 66.8 Å². The van der Waals surface area contributed by atoms with Gasteiger partial charge in [-0.05, 0) is 24.6 Å². The van der Waals surface area contributed by atoms with Crippen molar-refractivity contribution in [3.8, 4) is 5.75 Å². The third-order valence-electron chi connectivity index (χ3n) is 2.00. The smallest absolute Gasteiger partial charge is 0.165 e. The second kappa shape index (κ2) is 6.64. The van der Waals surface area contributed by atoms with Gasteiger partial charge in [0.2, 0.25) is 0 Å². The summed E-state index contributed by atoms with van der Waals surface area (Å²) in [5.74, 6) is 0.688. The standard InChI is InChI=1S/C14H16O2/c1-4-6-13(5-2)11-15-16-14-9-7-12(3)8-10-14/h4-10H,1-2,11H2,3H3/b13-6+. The summed E-state index contributed by atoms with van der Waals surface area (Å²) in [4.78, 5) is 10.2. The van der Waals surface area contributed by atoms with Crippen LogP contribution in [-0.2, 0) is 4.89 Å². The maximum atomic E-state index is 5.12. The van der Waals surface area contributed by atoms with E-state index in [-0.39, 0.29) is 0 Å². The summed E-state index contributed by atoms with van der Waals surface area (Å²) in [5, 5.41) is 0. The average molecular weight is 216 g/mol. The molecule has 0 unspecified atom stereocenters. The average Bonchev–Trinajstić information content (AvgIpc) is 2.30. The van der Waals surface area contributed by atoms with E-state index in [0.717, 1.165) is 5.57 Å². The van der Waals surface area contributed by atoms with Gasteiger partial charge < -0.3 is 4.89 Å². The van der Waals surface area contributed by atoms with E-state index in [0.29, 0.717) is 12.4 Å². The molecule has 0 saturated heterocycles. The zero-order chi connectivity index (χ0) is 11.8. The second-order valence-corrected chi connectivity index (χ2v) is 3.34. The Morgan fingerprint density at radius 3 is 2.50 bits per heavy atom. The number of hydrogen-bond acceptors (Lipinski definition) is 2. The highest BCUT2D eigenvalue weighted by molar-refractivity contribution is 5.26. The van der Waals surface area contributed by atoms with Crippen molar-refractivity contribution in [1.29, 1.82) is 0 Å². The molecule has 0 N–H and O–H groups in total. The van der Waals surface area contributed by atoms with Gasteiger partial charge >= 0.3 is 0 Å². The molecule has 0 atom stereocenters. The van der Waals surface area contributed by atoms with Crippen molar-refractivity contribution in [2.24, 2.45) is 0 Å². The molecule has 0 fully saturated rings. The first-order valence-corrected chi connectivity index (χ1v) is 5.06. The third kappa shape index (κ3) is 4.15. The zero-order valence-electron chi connectivity index (χ0n) is 9.48. The van der Waals surface area contributed by atoms with Crippen LogP contribution in [-0.4, -0.2) is 6.61 Å². The molecule has 16 heavy (non-hydrogen) atoms. The zero-order valence-corrected chi connectivity index (χ0v) is 9.48. The summed E-state index contributed by atoms with van der Waals surface area (Å²) in [5.41, 5.74) is 2.10. The quantitative estimate of drug-likeness (QED) is 0.411. The van der Waals surface area contributed by atoms with Gasteiger partial charge in [-0.1, -0.05) is 49.1 Å². The van der Waals surface area contributed by atoms with Gasteiger partial charge in [-0.3, -0.25) is 0 Å². The van der Waals surface area contributed by atoms with Crippen LogP contribution in [0.5, 0.6) is 5.75 Å². The Hall–Kier alpha value is -1.80. The van der Waals surface area contributed by atoms with Gasteiger partial charge in [0.1, 0.15) is 6.61 Å². The van der Waals surface area contributed by atoms with Gasteiger partial charge in [-0.2, -0.15) is 4.89 Å². The molecule has 2 heteroatoms. The topological polar surface area (TPSA) is 18.5 Å². The van der Waals surface area contributed by atoms with E-state index in [1.54, 1.807) is 12.2 Å². The lowest BCUT2D eigenvalue weighted by Crippen LogP contribution is -2.00. The summed E-state index contributed by atoms with van der Waals surface area (Å²) in [6.07, 6.45) is 5.22. The van der Waals surface area contributed by atoms with E-state index in [1.807, 2.05) is 37.3 Å². The normalized spacial score (nSPS) is 10.9. The van der Waals surface area contributed by atoms with Crippen molar-refractivity contribution in [3.63, 3.8) is 0 Å². The predicted octanol–water partition coefficient (Wildman–Crippen LogP) is 3.60. The van der Waals surface area contributed by atoms with E-state index in [2.05, 4.69) is 13.2 Å². The Morgan fingerprint density at radius 2 is 1.94 bits per heavy atom. The molecule has 2 nitrogen and oxygen atoms in total. The summed E-state index contributed by atoms with van der Waals surface area (Å²) in [6.45, 7) is 9.64. The van der Waals surface area contributed by atoms with Gasteiger partial charge in [-0.25, -0.2) is 0 Å². The second-order valence-electron chi connectivity index (χ2n) is 3.34. The van der Waals surface area contributed by atoms with Crippen LogP contribution in [0.2, 0.25) is 0 Å². The molecule has 0 aliphatic carbocycles. The first-order valence-electron chi connectivity index (χ1n) is 5.06. The fourth-order valence-corrected chi connectivity index (χ4v) is 1.09. The van der Waals surface area contributed by atoms with Crippen molar-refractivity contribution in [1.82, 2.24) is 0 Å². The minimum Gasteiger partial charge on any atom is -0.337 e. The van der Waals surface area contributed by atoms with Gasteiger partial charge in [-0.15, -0.1) is 0 Å². The maximum Gasteiger partial charge on any atom is 0.165 e. The number of hydrogen-bond donors (Lipinski definition) is 0. The van der Waals surface area contributed by atoms with E-state index >= 15 is 0 Å². The van der Waals surface area contributed by atoms with Crippen molar-refractivity contribution < 1.29 is 9.78 Å². The number of benzene rings is 1. The van der Waals surface area contributed by atoms with Gasteiger partial charge in [0.25, 0.3) is 0 Å². The first kappa shape index (κ1) is 12.3. The number of rotatable bonds is 6. The largest absolute Gasteiger partial charge is 0.337 e. The van der Waals surface area contributed by atoms with Crippen molar-refractivity contribution in [2.75, 3.05) is 6.61 Å². The molecule has 0 bridgehead atoms. The fraction of sp³-hybridized carbons (Fsp3) is 0.143. The highest BCUT2D eigenvalue weighted by atomic mass is 17.2. The van der Waals surface area contributed by atoms with E-state index in [9.17, 15) is 0 Å². The molecule has 1 aromatic carbocycles. The summed E-state index contributed by atoms with van der Waals surface area (Å²) in [7, 11) is 0. The SMILES string of the molecule is C=C/C=C(\C=C)COOc1ccc(C)cc1. The maximum absolute atomic E-state index is 5.12. The van der Waals surface area contributed by atoms with E-state index < -0.39 is 0 Å². The Kier molecular flexibility index (Phi) is 5.09. The Balaban J connectivity index is 2.40. The van der Waals surface area contributed by atoms with Gasteiger partial charge in [0.05, 0.1) is 0 Å². The van der Waals surface area contributed by atoms with Crippen LogP contribution in [0.25, 0.3) is 0 Å². The van der Waals surface area contributed by atoms with Gasteiger partial charge in [0.15, 0.2) is 5.75 Å². The first-order chi connectivity index (χ1) is 7.76. The van der Waals surface area contributed by atoms with Gasteiger partial charge in [0, 0.05) is 0 Å². The molecular formula is C14H16O2. The highest BCUT2D eigenvalue weighted by Gasteiger charge is 1.95. The van der Waals surface area contributed by atoms with Crippen LogP contribution in [0, 0.1) is 6.92 Å². The Bertz CT molecular complexity index is 374. The lowest BCUT2D eigenvalue weighted by molar-refractivity contribution is -0.197. The monoisotopic (exact) mass is 216 g/mol. The van der Waals surface area contributed by atoms with E-state index in [4.69, 9.17) is 9.78 Å². The van der Waals surface area contributed by atoms with Crippen LogP contribution in [0.15, 0.2) is 61.2 Å². The van der Waals surface area contributed by atoms with Crippen molar-refractivity contribution in [2.45, 2.75) is 6.92 Å². The highest BCUT2D eigenvalue weighted by Crippen LogP contribution is 2.12. The van der Waals surface area contributed by atoms with Crippen LogP contribution in [0.1, 0.15) is 5.56 Å². The lowest BCUT2D eigenvalue weighted by atomic mass is 10.2. The Morgan fingerprint density at radius 1 is 1.25 bits per heavy atom. The van der Waals surface area contributed by atoms with Crippen LogP contribution in [0.4, 0.5) is 0 Å². The lowest BCUT2D eigenvalue weighted by Gasteiger charge is -2.05. The molecule has 0 amide bonds. The number of aryl methyl sites for hydroxylation is 1.